The van der Waals surface area contributed by atoms with E-state index in [2.05, 4.69) is 16.8 Å². The highest BCUT2D eigenvalue weighted by Gasteiger charge is 2.26. The summed E-state index contributed by atoms with van der Waals surface area (Å²) < 4.78 is 52.7. The zero-order chi connectivity index (χ0) is 17.0. The highest BCUT2D eigenvalue weighted by molar-refractivity contribution is 7.89. The van der Waals surface area contributed by atoms with Crippen molar-refractivity contribution in [3.8, 4) is 0 Å². The van der Waals surface area contributed by atoms with Gasteiger partial charge < -0.3 is 9.80 Å². The van der Waals surface area contributed by atoms with E-state index in [1.54, 1.807) is 0 Å². The Morgan fingerprint density at radius 2 is 1.83 bits per heavy atom. The molecular weight excluding hydrogens is 324 g/mol. The fraction of sp³-hybridized carbons (Fsp3) is 0.600. The molecule has 5 nitrogen and oxygen atoms in total. The summed E-state index contributed by atoms with van der Waals surface area (Å²) in [4.78, 5) is 3.92. The molecule has 0 unspecified atom stereocenters. The molecule has 0 radical (unpaired) electrons. The second-order valence-corrected chi connectivity index (χ2v) is 7.89. The Kier molecular flexibility index (Phi) is 6.07. The predicted octanol–water partition coefficient (Wildman–Crippen LogP) is 1.22. The van der Waals surface area contributed by atoms with E-state index in [1.807, 2.05) is 0 Å². The third-order valence-corrected chi connectivity index (χ3v) is 6.02. The first-order valence-electron chi connectivity index (χ1n) is 7.63. The molecule has 0 N–H and O–H groups in total. The molecule has 1 saturated heterocycles. The molecule has 1 fully saturated rings. The van der Waals surface area contributed by atoms with E-state index in [1.165, 1.54) is 13.1 Å². The molecule has 1 aliphatic rings. The molecule has 0 aromatic heterocycles. The van der Waals surface area contributed by atoms with Crippen molar-refractivity contribution < 1.29 is 17.2 Å². The number of piperazine rings is 1. The van der Waals surface area contributed by atoms with E-state index in [-0.39, 0.29) is 6.54 Å². The average Bonchev–Trinajstić information content (AvgIpc) is 2.51. The first kappa shape index (κ1) is 18.3. The molecule has 0 atom stereocenters. The molecule has 1 aromatic rings. The van der Waals surface area contributed by atoms with Gasteiger partial charge in [0.2, 0.25) is 10.0 Å². The maximum absolute atomic E-state index is 13.7. The van der Waals surface area contributed by atoms with Gasteiger partial charge in [-0.3, -0.25) is 0 Å². The Labute approximate surface area is 136 Å². The van der Waals surface area contributed by atoms with Crippen LogP contribution in [0.15, 0.2) is 23.1 Å². The van der Waals surface area contributed by atoms with Crippen molar-refractivity contribution in [1.82, 2.24) is 14.1 Å². The summed E-state index contributed by atoms with van der Waals surface area (Å²) >= 11 is 0. The van der Waals surface area contributed by atoms with Gasteiger partial charge in [-0.1, -0.05) is 6.07 Å². The van der Waals surface area contributed by atoms with E-state index in [0.29, 0.717) is 6.42 Å². The van der Waals surface area contributed by atoms with Crippen LogP contribution in [0.2, 0.25) is 0 Å². The number of likely N-dealkylation sites (N-methyl/N-ethyl adjacent to an activating group) is 1. The van der Waals surface area contributed by atoms with E-state index in [9.17, 15) is 17.2 Å². The van der Waals surface area contributed by atoms with Crippen LogP contribution >= 0.6 is 0 Å². The van der Waals surface area contributed by atoms with Gasteiger partial charge >= 0.3 is 0 Å². The number of hydrogen-bond acceptors (Lipinski definition) is 4. The van der Waals surface area contributed by atoms with Gasteiger partial charge in [0.25, 0.3) is 0 Å². The highest BCUT2D eigenvalue weighted by Crippen LogP contribution is 2.20. The normalized spacial score (nSPS) is 17.8. The summed E-state index contributed by atoms with van der Waals surface area (Å²) in [5, 5.41) is 0. The third-order valence-electron chi connectivity index (χ3n) is 4.15. The lowest BCUT2D eigenvalue weighted by Crippen LogP contribution is -2.45. The van der Waals surface area contributed by atoms with Crippen LogP contribution in [0, 0.1) is 11.6 Å². The maximum Gasteiger partial charge on any atom is 0.245 e. The summed E-state index contributed by atoms with van der Waals surface area (Å²) in [6.45, 7) is 4.99. The third kappa shape index (κ3) is 4.47. The van der Waals surface area contributed by atoms with E-state index >= 15 is 0 Å². The lowest BCUT2D eigenvalue weighted by atomic mass is 10.3. The molecule has 1 aliphatic heterocycles. The average molecular weight is 347 g/mol. The quantitative estimate of drug-likeness (QED) is 0.776. The predicted molar refractivity (Wildman–Crippen MR) is 84.7 cm³/mol. The molecule has 0 amide bonds. The molecule has 130 valence electrons. The van der Waals surface area contributed by atoms with Crippen LogP contribution < -0.4 is 0 Å². The van der Waals surface area contributed by atoms with Crippen molar-refractivity contribution >= 4 is 10.0 Å². The summed E-state index contributed by atoms with van der Waals surface area (Å²) in [5.41, 5.74) is 0. The van der Waals surface area contributed by atoms with E-state index in [4.69, 9.17) is 0 Å². The molecule has 23 heavy (non-hydrogen) atoms. The van der Waals surface area contributed by atoms with Crippen LogP contribution in [0.25, 0.3) is 0 Å². The summed E-state index contributed by atoms with van der Waals surface area (Å²) in [6, 6.07) is 3.19. The Balaban J connectivity index is 1.91. The number of nitrogens with zero attached hydrogens (tertiary/aromatic N) is 3. The van der Waals surface area contributed by atoms with Gasteiger partial charge in [0, 0.05) is 39.8 Å². The number of sulfonamides is 1. The molecule has 0 aliphatic carbocycles. The topological polar surface area (TPSA) is 43.9 Å². The number of hydrogen-bond donors (Lipinski definition) is 0. The van der Waals surface area contributed by atoms with E-state index < -0.39 is 26.6 Å². The first-order chi connectivity index (χ1) is 10.8. The Bertz CT molecular complexity index is 632. The van der Waals surface area contributed by atoms with Crippen molar-refractivity contribution in [3.05, 3.63) is 29.8 Å². The number of benzene rings is 1. The van der Waals surface area contributed by atoms with Crippen LogP contribution in [0.3, 0.4) is 0 Å². The summed E-state index contributed by atoms with van der Waals surface area (Å²) in [5.74, 6) is -2.48. The SMILES string of the molecule is CN1CCN(CCCN(C)S(=O)(=O)c2cccc(F)c2F)CC1. The Morgan fingerprint density at radius 3 is 2.48 bits per heavy atom. The van der Waals surface area contributed by atoms with Crippen molar-refractivity contribution in [2.24, 2.45) is 0 Å². The molecule has 0 spiro atoms. The lowest BCUT2D eigenvalue weighted by Gasteiger charge is -2.32. The van der Waals surface area contributed by atoms with Crippen LogP contribution in [-0.4, -0.2) is 75.9 Å². The molecular formula is C15H23F2N3O2S. The van der Waals surface area contributed by atoms with Crippen molar-refractivity contribution in [1.29, 1.82) is 0 Å². The number of halogens is 2. The first-order valence-corrected chi connectivity index (χ1v) is 9.07. The van der Waals surface area contributed by atoms with E-state index in [0.717, 1.165) is 49.2 Å². The lowest BCUT2D eigenvalue weighted by molar-refractivity contribution is 0.151. The second-order valence-electron chi connectivity index (χ2n) is 5.88. The van der Waals surface area contributed by atoms with Gasteiger partial charge in [0.15, 0.2) is 11.6 Å². The maximum atomic E-state index is 13.7. The molecule has 0 saturated carbocycles. The van der Waals surface area contributed by atoms with Crippen molar-refractivity contribution in [3.63, 3.8) is 0 Å². The molecule has 2 rings (SSSR count). The highest BCUT2D eigenvalue weighted by atomic mass is 32.2. The second kappa shape index (κ2) is 7.65. The van der Waals surface area contributed by atoms with Crippen LogP contribution in [0.4, 0.5) is 8.78 Å². The minimum Gasteiger partial charge on any atom is -0.304 e. The zero-order valence-electron chi connectivity index (χ0n) is 13.5. The van der Waals surface area contributed by atoms with Gasteiger partial charge in [0.1, 0.15) is 4.90 Å². The summed E-state index contributed by atoms with van der Waals surface area (Å²) in [7, 11) is -0.545. The van der Waals surface area contributed by atoms with Crippen LogP contribution in [0.1, 0.15) is 6.42 Å². The monoisotopic (exact) mass is 347 g/mol. The number of rotatable bonds is 6. The van der Waals surface area contributed by atoms with Crippen LogP contribution in [0.5, 0.6) is 0 Å². The minimum absolute atomic E-state index is 0.268. The molecule has 1 heterocycles. The largest absolute Gasteiger partial charge is 0.304 e. The van der Waals surface area contributed by atoms with Gasteiger partial charge in [-0.15, -0.1) is 0 Å². The molecule has 8 heteroatoms. The zero-order valence-corrected chi connectivity index (χ0v) is 14.3. The molecule has 1 aromatic carbocycles. The van der Waals surface area contributed by atoms with Crippen molar-refractivity contribution in [2.75, 3.05) is 53.4 Å². The van der Waals surface area contributed by atoms with Crippen LogP contribution in [-0.2, 0) is 10.0 Å². The van der Waals surface area contributed by atoms with Gasteiger partial charge in [-0.25, -0.2) is 21.5 Å². The minimum atomic E-state index is -4.01. The fourth-order valence-corrected chi connectivity index (χ4v) is 3.84. The van der Waals surface area contributed by atoms with Gasteiger partial charge in [-0.2, -0.15) is 0 Å². The van der Waals surface area contributed by atoms with Gasteiger partial charge in [-0.05, 0) is 32.1 Å². The Hall–Kier alpha value is -1.09. The van der Waals surface area contributed by atoms with Crippen molar-refractivity contribution in [2.45, 2.75) is 11.3 Å². The Morgan fingerprint density at radius 1 is 1.17 bits per heavy atom. The fourth-order valence-electron chi connectivity index (χ4n) is 2.56. The molecule has 0 bridgehead atoms. The standard InChI is InChI=1S/C15H23F2N3O2S/c1-18-9-11-20(12-10-18)8-4-7-19(2)23(21,22)14-6-3-5-13(16)15(14)17/h3,5-6H,4,7-12H2,1-2H3. The van der Waals surface area contributed by atoms with Gasteiger partial charge in [0.05, 0.1) is 0 Å². The summed E-state index contributed by atoms with van der Waals surface area (Å²) in [6.07, 6.45) is 0.649. The smallest absolute Gasteiger partial charge is 0.245 e.